The van der Waals surface area contributed by atoms with Gasteiger partial charge in [0.25, 0.3) is 0 Å². The maximum absolute atomic E-state index is 4.12. The topological polar surface area (TPSA) is 0 Å². The molecule has 0 spiro atoms. The molecule has 3 aromatic carbocycles. The molecule has 0 radical (unpaired) electrons. The highest BCUT2D eigenvalue weighted by atomic mass is 14.1. The molecule has 0 heteroatoms. The fraction of sp³-hybridized carbons (Fsp3) is 0.188. The Morgan fingerprint density at radius 1 is 0.594 bits per heavy atom. The van der Waals surface area contributed by atoms with Crippen molar-refractivity contribution in [3.8, 4) is 22.3 Å². The first-order valence-electron chi connectivity index (χ1n) is 11.3. The Kier molecular flexibility index (Phi) is 7.49. The minimum atomic E-state index is 0.852. The van der Waals surface area contributed by atoms with Crippen molar-refractivity contribution in [1.29, 1.82) is 0 Å². The lowest BCUT2D eigenvalue weighted by atomic mass is 9.92. The van der Waals surface area contributed by atoms with E-state index in [0.29, 0.717) is 0 Å². The van der Waals surface area contributed by atoms with Gasteiger partial charge in [-0.05, 0) is 83.2 Å². The molecule has 0 bridgehead atoms. The predicted molar refractivity (Wildman–Crippen MR) is 142 cm³/mol. The summed E-state index contributed by atoms with van der Waals surface area (Å²) in [4.78, 5) is 0. The molecule has 32 heavy (non-hydrogen) atoms. The second-order valence-electron chi connectivity index (χ2n) is 8.74. The summed E-state index contributed by atoms with van der Waals surface area (Å²) in [6.45, 7) is 22.4. The van der Waals surface area contributed by atoms with Crippen LogP contribution >= 0.6 is 0 Å². The van der Waals surface area contributed by atoms with Crippen LogP contribution in [0.3, 0.4) is 0 Å². The molecule has 0 aromatic heterocycles. The monoisotopic (exact) mass is 418 g/mol. The average Bonchev–Trinajstić information content (AvgIpc) is 2.79. The van der Waals surface area contributed by atoms with E-state index in [2.05, 4.69) is 100.0 Å². The number of hydrogen-bond donors (Lipinski definition) is 0. The Hall–Kier alpha value is -3.38. The van der Waals surface area contributed by atoms with Crippen LogP contribution in [0.15, 0.2) is 115 Å². The zero-order chi connectivity index (χ0) is 23.3. The lowest BCUT2D eigenvalue weighted by molar-refractivity contribution is 1.14. The van der Waals surface area contributed by atoms with Gasteiger partial charge in [-0.2, -0.15) is 0 Å². The van der Waals surface area contributed by atoms with Gasteiger partial charge in [0.05, 0.1) is 0 Å². The van der Waals surface area contributed by atoms with Crippen LogP contribution < -0.4 is 0 Å². The Bertz CT molecular complexity index is 1150. The van der Waals surface area contributed by atoms with Crippen molar-refractivity contribution in [3.63, 3.8) is 0 Å². The van der Waals surface area contributed by atoms with Crippen LogP contribution in [0.25, 0.3) is 22.3 Å². The van der Waals surface area contributed by atoms with E-state index in [1.807, 2.05) is 13.8 Å². The average molecular weight is 419 g/mol. The molecule has 162 valence electrons. The van der Waals surface area contributed by atoms with E-state index in [9.17, 15) is 0 Å². The first-order chi connectivity index (χ1) is 15.3. The molecule has 0 saturated carbocycles. The van der Waals surface area contributed by atoms with Gasteiger partial charge in [-0.1, -0.05) is 111 Å². The van der Waals surface area contributed by atoms with Crippen molar-refractivity contribution < 1.29 is 0 Å². The molecule has 0 amide bonds. The minimum absolute atomic E-state index is 0.852. The number of rotatable bonds is 9. The van der Waals surface area contributed by atoms with E-state index in [0.717, 1.165) is 41.6 Å². The van der Waals surface area contributed by atoms with Gasteiger partial charge in [0.1, 0.15) is 0 Å². The summed E-state index contributed by atoms with van der Waals surface area (Å²) in [5.41, 5.74) is 13.2. The van der Waals surface area contributed by atoms with Crippen LogP contribution in [0.5, 0.6) is 0 Å². The van der Waals surface area contributed by atoms with E-state index >= 15 is 0 Å². The van der Waals surface area contributed by atoms with Gasteiger partial charge in [-0.3, -0.25) is 0 Å². The summed E-state index contributed by atoms with van der Waals surface area (Å²) in [7, 11) is 0. The van der Waals surface area contributed by atoms with Crippen molar-refractivity contribution in [1.82, 2.24) is 0 Å². The minimum Gasteiger partial charge on any atom is -0.0958 e. The molecule has 0 saturated heterocycles. The maximum Gasteiger partial charge on any atom is -0.00292 e. The number of hydrogen-bond acceptors (Lipinski definition) is 0. The molecule has 0 fully saturated rings. The summed E-state index contributed by atoms with van der Waals surface area (Å²) in [5.74, 6) is 0. The number of aryl methyl sites for hydroxylation is 1. The molecule has 0 unspecified atom stereocenters. The lowest BCUT2D eigenvalue weighted by Gasteiger charge is -2.13. The summed E-state index contributed by atoms with van der Waals surface area (Å²) < 4.78 is 0. The third-order valence-electron chi connectivity index (χ3n) is 6.08. The summed E-state index contributed by atoms with van der Waals surface area (Å²) >= 11 is 0. The van der Waals surface area contributed by atoms with Crippen LogP contribution in [0.1, 0.15) is 37.5 Å². The maximum atomic E-state index is 4.12. The van der Waals surface area contributed by atoms with Crippen LogP contribution in [0.4, 0.5) is 0 Å². The Morgan fingerprint density at radius 3 is 1.47 bits per heavy atom. The van der Waals surface area contributed by atoms with Crippen molar-refractivity contribution in [2.75, 3.05) is 0 Å². The van der Waals surface area contributed by atoms with E-state index in [1.54, 1.807) is 0 Å². The largest absolute Gasteiger partial charge is 0.0958 e. The van der Waals surface area contributed by atoms with Crippen LogP contribution in [0, 0.1) is 0 Å². The second kappa shape index (κ2) is 10.3. The van der Waals surface area contributed by atoms with Gasteiger partial charge in [0, 0.05) is 0 Å². The van der Waals surface area contributed by atoms with E-state index < -0.39 is 0 Å². The first kappa shape index (κ1) is 23.3. The lowest BCUT2D eigenvalue weighted by Crippen LogP contribution is -1.93. The van der Waals surface area contributed by atoms with E-state index in [-0.39, 0.29) is 0 Å². The third kappa shape index (κ3) is 5.65. The Balaban J connectivity index is 1.82. The fourth-order valence-corrected chi connectivity index (χ4v) is 3.76. The smallest absolute Gasteiger partial charge is 0.00292 e. The van der Waals surface area contributed by atoms with Crippen molar-refractivity contribution >= 4 is 0 Å². The molecular formula is C32H34. The van der Waals surface area contributed by atoms with Crippen LogP contribution in [-0.2, 0) is 19.3 Å². The van der Waals surface area contributed by atoms with Gasteiger partial charge in [-0.25, -0.2) is 0 Å². The standard InChI is InChI=1S/C32H34/c1-8-28-21-31(29-13-9-26(10-14-29)19-24(6)22(2)3)17-18-32(28)30-15-11-27(12-16-30)20-25(7)23(4)5/h9-18,21H,2,4,6-8,19-20H2,1,3,5H3. The van der Waals surface area contributed by atoms with Gasteiger partial charge in [0.15, 0.2) is 0 Å². The third-order valence-corrected chi connectivity index (χ3v) is 6.08. The highest BCUT2D eigenvalue weighted by molar-refractivity contribution is 5.74. The molecule has 0 N–H and O–H groups in total. The normalized spacial score (nSPS) is 10.6. The molecule has 0 aliphatic carbocycles. The molecule has 0 aliphatic rings. The zero-order valence-corrected chi connectivity index (χ0v) is 19.8. The SMILES string of the molecule is C=C(C)C(=C)Cc1ccc(-c2ccc(-c3ccc(CC(=C)C(=C)C)cc3)c(CC)c2)cc1. The molecule has 3 rings (SSSR count). The quantitative estimate of drug-likeness (QED) is 0.304. The fourth-order valence-electron chi connectivity index (χ4n) is 3.76. The first-order valence-corrected chi connectivity index (χ1v) is 11.3. The van der Waals surface area contributed by atoms with Crippen LogP contribution in [-0.4, -0.2) is 0 Å². The highest BCUT2D eigenvalue weighted by Gasteiger charge is 2.08. The van der Waals surface area contributed by atoms with Gasteiger partial charge in [-0.15, -0.1) is 0 Å². The molecule has 0 aliphatic heterocycles. The molecule has 0 atom stereocenters. The molecule has 0 heterocycles. The van der Waals surface area contributed by atoms with Crippen molar-refractivity contribution in [3.05, 3.63) is 132 Å². The molecule has 3 aromatic rings. The zero-order valence-electron chi connectivity index (χ0n) is 19.8. The predicted octanol–water partition coefficient (Wildman–Crippen LogP) is 8.93. The van der Waals surface area contributed by atoms with Crippen molar-refractivity contribution in [2.24, 2.45) is 0 Å². The van der Waals surface area contributed by atoms with Crippen molar-refractivity contribution in [2.45, 2.75) is 40.0 Å². The number of benzene rings is 3. The highest BCUT2D eigenvalue weighted by Crippen LogP contribution is 2.30. The Morgan fingerprint density at radius 2 is 1.03 bits per heavy atom. The Labute approximate surface area is 194 Å². The second-order valence-corrected chi connectivity index (χ2v) is 8.74. The summed E-state index contributed by atoms with van der Waals surface area (Å²) in [5, 5.41) is 0. The van der Waals surface area contributed by atoms with Gasteiger partial charge in [0.2, 0.25) is 0 Å². The van der Waals surface area contributed by atoms with E-state index in [1.165, 1.54) is 38.9 Å². The summed E-state index contributed by atoms with van der Waals surface area (Å²) in [6.07, 6.45) is 2.70. The van der Waals surface area contributed by atoms with E-state index in [4.69, 9.17) is 0 Å². The summed E-state index contributed by atoms with van der Waals surface area (Å²) in [6, 6.07) is 24.5. The van der Waals surface area contributed by atoms with Crippen LogP contribution in [0.2, 0.25) is 0 Å². The number of allylic oxidation sites excluding steroid dienone is 4. The van der Waals surface area contributed by atoms with Gasteiger partial charge >= 0.3 is 0 Å². The van der Waals surface area contributed by atoms with Gasteiger partial charge < -0.3 is 0 Å². The molecule has 0 nitrogen and oxygen atoms in total. The molecular weight excluding hydrogens is 384 g/mol.